The zero-order valence-electron chi connectivity index (χ0n) is 10.4. The Labute approximate surface area is 120 Å². The van der Waals surface area contributed by atoms with Crippen molar-refractivity contribution in [2.45, 2.75) is 30.3 Å². The van der Waals surface area contributed by atoms with E-state index in [1.54, 1.807) is 0 Å². The average Bonchev–Trinajstić information content (AvgIpc) is 2.40. The Morgan fingerprint density at radius 1 is 1.30 bits per heavy atom. The van der Waals surface area contributed by atoms with Crippen LogP contribution in [0.4, 0.5) is 8.78 Å². The van der Waals surface area contributed by atoms with E-state index in [0.29, 0.717) is 6.61 Å². The molecular weight excluding hydrogens is 314 g/mol. The van der Waals surface area contributed by atoms with Gasteiger partial charge in [-0.05, 0) is 31.4 Å². The summed E-state index contributed by atoms with van der Waals surface area (Å²) in [5.74, 6) is -3.27. The normalized spacial score (nSPS) is 19.9. The van der Waals surface area contributed by atoms with Crippen molar-refractivity contribution in [3.63, 3.8) is 0 Å². The molecule has 20 heavy (non-hydrogen) atoms. The van der Waals surface area contributed by atoms with Crippen LogP contribution in [0.5, 0.6) is 5.75 Å². The highest BCUT2D eigenvalue weighted by Gasteiger charge is 2.23. The van der Waals surface area contributed by atoms with Gasteiger partial charge in [0.15, 0.2) is 11.6 Å². The molecule has 0 N–H and O–H groups in total. The van der Waals surface area contributed by atoms with Crippen LogP contribution in [0.15, 0.2) is 17.0 Å². The SMILES string of the molecule is O=S(=O)(Cl)c1ccc(OCC2CCCCO2)c(F)c1F. The van der Waals surface area contributed by atoms with E-state index in [2.05, 4.69) is 0 Å². The molecule has 2 rings (SSSR count). The summed E-state index contributed by atoms with van der Waals surface area (Å²) < 4.78 is 59.8. The molecule has 1 unspecified atom stereocenters. The zero-order chi connectivity index (χ0) is 14.8. The maximum Gasteiger partial charge on any atom is 0.264 e. The number of ether oxygens (including phenoxy) is 2. The smallest absolute Gasteiger partial charge is 0.264 e. The van der Waals surface area contributed by atoms with Crippen LogP contribution in [0.1, 0.15) is 19.3 Å². The second kappa shape index (κ2) is 6.24. The molecule has 1 fully saturated rings. The van der Waals surface area contributed by atoms with Crippen LogP contribution in [-0.2, 0) is 13.8 Å². The lowest BCUT2D eigenvalue weighted by Crippen LogP contribution is -2.26. The summed E-state index contributed by atoms with van der Waals surface area (Å²) in [6, 6.07) is 1.91. The fourth-order valence-corrected chi connectivity index (χ4v) is 2.83. The van der Waals surface area contributed by atoms with Crippen molar-refractivity contribution in [1.29, 1.82) is 0 Å². The van der Waals surface area contributed by atoms with Crippen molar-refractivity contribution < 1.29 is 26.7 Å². The fraction of sp³-hybridized carbons (Fsp3) is 0.500. The lowest BCUT2D eigenvalue weighted by molar-refractivity contribution is -0.0118. The van der Waals surface area contributed by atoms with Crippen molar-refractivity contribution >= 4 is 19.7 Å². The summed E-state index contributed by atoms with van der Waals surface area (Å²) in [5.41, 5.74) is 0. The Hall–Kier alpha value is -0.920. The Kier molecular flexibility index (Phi) is 4.82. The number of hydrogen-bond acceptors (Lipinski definition) is 4. The quantitative estimate of drug-likeness (QED) is 0.798. The topological polar surface area (TPSA) is 52.6 Å². The molecule has 0 amide bonds. The van der Waals surface area contributed by atoms with Crippen molar-refractivity contribution in [2.75, 3.05) is 13.2 Å². The fourth-order valence-electron chi connectivity index (χ4n) is 1.94. The Morgan fingerprint density at radius 2 is 2.05 bits per heavy atom. The van der Waals surface area contributed by atoms with Gasteiger partial charge in [0.2, 0.25) is 5.82 Å². The van der Waals surface area contributed by atoms with Crippen LogP contribution in [0.2, 0.25) is 0 Å². The van der Waals surface area contributed by atoms with Gasteiger partial charge in [-0.3, -0.25) is 0 Å². The van der Waals surface area contributed by atoms with Crippen LogP contribution in [0.25, 0.3) is 0 Å². The highest BCUT2D eigenvalue weighted by Crippen LogP contribution is 2.28. The third kappa shape index (κ3) is 3.59. The van der Waals surface area contributed by atoms with Crippen molar-refractivity contribution in [3.8, 4) is 5.75 Å². The molecule has 1 saturated heterocycles. The van der Waals surface area contributed by atoms with E-state index in [0.717, 1.165) is 31.4 Å². The van der Waals surface area contributed by atoms with E-state index < -0.39 is 25.6 Å². The lowest BCUT2D eigenvalue weighted by atomic mass is 10.1. The molecule has 8 heteroatoms. The monoisotopic (exact) mass is 326 g/mol. The summed E-state index contributed by atoms with van der Waals surface area (Å²) in [7, 11) is 0.660. The third-order valence-electron chi connectivity index (χ3n) is 2.97. The van der Waals surface area contributed by atoms with Crippen LogP contribution in [-0.4, -0.2) is 27.7 Å². The van der Waals surface area contributed by atoms with E-state index in [9.17, 15) is 17.2 Å². The van der Waals surface area contributed by atoms with Gasteiger partial charge in [-0.25, -0.2) is 12.8 Å². The molecule has 1 aliphatic rings. The van der Waals surface area contributed by atoms with Crippen LogP contribution in [0.3, 0.4) is 0 Å². The van der Waals surface area contributed by atoms with Crippen molar-refractivity contribution in [2.24, 2.45) is 0 Å². The van der Waals surface area contributed by atoms with Gasteiger partial charge in [-0.15, -0.1) is 0 Å². The summed E-state index contributed by atoms with van der Waals surface area (Å²) in [6.07, 6.45) is 2.59. The molecule has 0 bridgehead atoms. The van der Waals surface area contributed by atoms with Crippen LogP contribution in [0, 0.1) is 11.6 Å². The number of benzene rings is 1. The van der Waals surface area contributed by atoms with Crippen LogP contribution >= 0.6 is 10.7 Å². The van der Waals surface area contributed by atoms with Gasteiger partial charge in [-0.1, -0.05) is 0 Å². The highest BCUT2D eigenvalue weighted by atomic mass is 35.7. The minimum absolute atomic E-state index is 0.0866. The molecule has 1 atom stereocenters. The summed E-state index contributed by atoms with van der Waals surface area (Å²) >= 11 is 0. The van der Waals surface area contributed by atoms with Gasteiger partial charge in [0.1, 0.15) is 11.5 Å². The average molecular weight is 327 g/mol. The molecule has 0 radical (unpaired) electrons. The standard InChI is InChI=1S/C12H13ClF2O4S/c13-20(16,17)10-5-4-9(11(14)12(10)15)19-7-8-3-1-2-6-18-8/h4-5,8H,1-3,6-7H2. The molecule has 1 aliphatic heterocycles. The predicted octanol–water partition coefficient (Wildman–Crippen LogP) is 2.84. The number of halogens is 3. The molecule has 112 valence electrons. The summed E-state index contributed by atoms with van der Waals surface area (Å²) in [6.45, 7) is 0.706. The van der Waals surface area contributed by atoms with Gasteiger partial charge in [0, 0.05) is 17.3 Å². The van der Waals surface area contributed by atoms with Gasteiger partial charge >= 0.3 is 0 Å². The third-order valence-corrected chi connectivity index (χ3v) is 4.31. The molecule has 1 aromatic carbocycles. The van der Waals surface area contributed by atoms with E-state index in [1.807, 2.05) is 0 Å². The maximum absolute atomic E-state index is 13.7. The number of hydrogen-bond donors (Lipinski definition) is 0. The van der Waals surface area contributed by atoms with Gasteiger partial charge in [-0.2, -0.15) is 4.39 Å². The zero-order valence-corrected chi connectivity index (χ0v) is 12.0. The predicted molar refractivity (Wildman–Crippen MR) is 68.5 cm³/mol. The van der Waals surface area contributed by atoms with Gasteiger partial charge in [0.25, 0.3) is 9.05 Å². The van der Waals surface area contributed by atoms with E-state index in [1.165, 1.54) is 0 Å². The Morgan fingerprint density at radius 3 is 2.65 bits per heavy atom. The Bertz CT molecular complexity index is 585. The Balaban J connectivity index is 2.11. The van der Waals surface area contributed by atoms with E-state index >= 15 is 0 Å². The molecular formula is C12H13ClF2O4S. The second-order valence-electron chi connectivity index (χ2n) is 4.43. The molecule has 1 aromatic rings. The molecule has 1 heterocycles. The van der Waals surface area contributed by atoms with Crippen molar-refractivity contribution in [1.82, 2.24) is 0 Å². The molecule has 0 aliphatic carbocycles. The second-order valence-corrected chi connectivity index (χ2v) is 6.96. The van der Waals surface area contributed by atoms with Gasteiger partial charge in [0.05, 0.1) is 6.10 Å². The van der Waals surface area contributed by atoms with Crippen LogP contribution < -0.4 is 4.74 Å². The molecule has 4 nitrogen and oxygen atoms in total. The first-order valence-corrected chi connectivity index (χ1v) is 8.37. The highest BCUT2D eigenvalue weighted by molar-refractivity contribution is 8.13. The van der Waals surface area contributed by atoms with Gasteiger partial charge < -0.3 is 9.47 Å². The maximum atomic E-state index is 13.7. The summed E-state index contributed by atoms with van der Waals surface area (Å²) in [5, 5.41) is 0. The van der Waals surface area contributed by atoms with E-state index in [-0.39, 0.29) is 18.5 Å². The van der Waals surface area contributed by atoms with Crippen molar-refractivity contribution in [3.05, 3.63) is 23.8 Å². The summed E-state index contributed by atoms with van der Waals surface area (Å²) in [4.78, 5) is -0.905. The van der Waals surface area contributed by atoms with E-state index in [4.69, 9.17) is 20.2 Å². The minimum atomic E-state index is -4.33. The molecule has 0 aromatic heterocycles. The first-order chi connectivity index (χ1) is 9.39. The number of rotatable bonds is 4. The first-order valence-electron chi connectivity index (χ1n) is 6.06. The minimum Gasteiger partial charge on any atom is -0.488 e. The largest absolute Gasteiger partial charge is 0.488 e. The molecule has 0 spiro atoms. The first kappa shape index (κ1) is 15.5. The molecule has 0 saturated carbocycles. The lowest BCUT2D eigenvalue weighted by Gasteiger charge is -2.22.